The Balaban J connectivity index is 1.22. The first kappa shape index (κ1) is 18.9. The Morgan fingerprint density at radius 1 is 1.28 bits per heavy atom. The second kappa shape index (κ2) is 7.59. The van der Waals surface area contributed by atoms with Crippen molar-refractivity contribution in [2.45, 2.75) is 57.5 Å². The summed E-state index contributed by atoms with van der Waals surface area (Å²) in [6.07, 6.45) is 12.0. The molecular formula is C22H31N5O2. The average Bonchev–Trinajstić information content (AvgIpc) is 3.34. The van der Waals surface area contributed by atoms with Crippen molar-refractivity contribution in [3.63, 3.8) is 0 Å². The first-order chi connectivity index (χ1) is 14.2. The molecule has 0 radical (unpaired) electrons. The molecule has 2 aliphatic carbocycles. The zero-order valence-corrected chi connectivity index (χ0v) is 16.9. The Morgan fingerprint density at radius 3 is 2.90 bits per heavy atom. The molecule has 3 fully saturated rings. The van der Waals surface area contributed by atoms with Gasteiger partial charge in [-0.05, 0) is 49.5 Å². The summed E-state index contributed by atoms with van der Waals surface area (Å²) in [7, 11) is 0. The van der Waals surface area contributed by atoms with E-state index in [9.17, 15) is 9.90 Å². The number of carbonyl (C=O) groups is 1. The van der Waals surface area contributed by atoms with E-state index in [1.807, 2.05) is 12.3 Å². The molecule has 2 atom stereocenters. The first-order valence-electron chi connectivity index (χ1n) is 11.2. The van der Waals surface area contributed by atoms with Gasteiger partial charge in [0.1, 0.15) is 17.8 Å². The van der Waals surface area contributed by atoms with E-state index in [-0.39, 0.29) is 17.2 Å². The lowest BCUT2D eigenvalue weighted by Crippen LogP contribution is -2.49. The summed E-state index contributed by atoms with van der Waals surface area (Å²) in [6, 6.07) is 2.02. The van der Waals surface area contributed by atoms with Crippen molar-refractivity contribution in [1.29, 1.82) is 0 Å². The minimum Gasteiger partial charge on any atom is -0.391 e. The van der Waals surface area contributed by atoms with Crippen molar-refractivity contribution >= 4 is 22.8 Å². The number of aliphatic hydroxyl groups excluding tert-OH is 1. The first-order valence-corrected chi connectivity index (χ1v) is 11.2. The van der Waals surface area contributed by atoms with Gasteiger partial charge in [0, 0.05) is 31.7 Å². The third-order valence-corrected chi connectivity index (χ3v) is 7.45. The van der Waals surface area contributed by atoms with Gasteiger partial charge in [-0.1, -0.05) is 19.3 Å². The van der Waals surface area contributed by atoms with Crippen molar-refractivity contribution < 1.29 is 9.90 Å². The van der Waals surface area contributed by atoms with Gasteiger partial charge >= 0.3 is 0 Å². The number of carbonyl (C=O) groups excluding carboxylic acids is 1. The van der Waals surface area contributed by atoms with Crippen molar-refractivity contribution in [1.82, 2.24) is 20.3 Å². The third-order valence-electron chi connectivity index (χ3n) is 7.45. The van der Waals surface area contributed by atoms with Crippen LogP contribution >= 0.6 is 0 Å². The van der Waals surface area contributed by atoms with Crippen molar-refractivity contribution in [3.8, 4) is 0 Å². The van der Waals surface area contributed by atoms with Crippen LogP contribution in [-0.4, -0.2) is 51.7 Å². The molecule has 3 aliphatic rings. The normalized spacial score (nSPS) is 25.3. The van der Waals surface area contributed by atoms with Crippen LogP contribution in [0.1, 0.15) is 51.4 Å². The van der Waals surface area contributed by atoms with Crippen LogP contribution in [0.15, 0.2) is 18.6 Å². The predicted octanol–water partition coefficient (Wildman–Crippen LogP) is 2.62. The van der Waals surface area contributed by atoms with Crippen molar-refractivity contribution in [2.24, 2.45) is 17.3 Å². The Kier molecular flexibility index (Phi) is 4.94. The molecule has 0 bridgehead atoms. The van der Waals surface area contributed by atoms with Gasteiger partial charge in [0.15, 0.2) is 0 Å². The fourth-order valence-electron chi connectivity index (χ4n) is 5.54. The van der Waals surface area contributed by atoms with E-state index in [1.54, 1.807) is 6.33 Å². The van der Waals surface area contributed by atoms with Crippen LogP contribution in [0.5, 0.6) is 0 Å². The van der Waals surface area contributed by atoms with Gasteiger partial charge in [-0.3, -0.25) is 4.79 Å². The van der Waals surface area contributed by atoms with E-state index >= 15 is 0 Å². The fraction of sp³-hybridized carbons (Fsp3) is 0.682. The molecule has 156 valence electrons. The van der Waals surface area contributed by atoms with Crippen LogP contribution in [0.3, 0.4) is 0 Å². The number of hydrogen-bond donors (Lipinski definition) is 3. The molecule has 1 amide bonds. The van der Waals surface area contributed by atoms with Crippen LogP contribution in [0.25, 0.3) is 11.0 Å². The monoisotopic (exact) mass is 397 g/mol. The SMILES string of the molecule is O=C(NC[C@@H](O)C1CCCCC1)C1CCN(c2ncnc3[nH]ccc23)CC12CC2. The molecule has 0 aromatic carbocycles. The number of fused-ring (bicyclic) bond motifs is 1. The second-order valence-electron chi connectivity index (χ2n) is 9.27. The molecule has 1 aliphatic heterocycles. The molecule has 1 saturated heterocycles. The number of anilines is 1. The van der Waals surface area contributed by atoms with Gasteiger partial charge in [-0.15, -0.1) is 0 Å². The number of piperidine rings is 1. The molecule has 3 N–H and O–H groups in total. The van der Waals surface area contributed by atoms with E-state index < -0.39 is 6.10 Å². The number of aromatic nitrogens is 3. The number of aliphatic hydroxyl groups is 1. The zero-order chi connectivity index (χ0) is 19.8. The third kappa shape index (κ3) is 3.61. The molecule has 1 unspecified atom stereocenters. The van der Waals surface area contributed by atoms with Gasteiger partial charge in [0.05, 0.1) is 11.5 Å². The van der Waals surface area contributed by atoms with Crippen molar-refractivity contribution in [2.75, 3.05) is 24.5 Å². The van der Waals surface area contributed by atoms with Crippen LogP contribution in [0, 0.1) is 17.3 Å². The standard InChI is InChI=1S/C22H31N5O2/c28-18(15-4-2-1-3-5-15)12-24-21(29)17-7-11-27(13-22(17)8-9-22)20-16-6-10-23-19(16)25-14-26-20/h6,10,14-15,17-18,28H,1-5,7-9,11-13H2,(H,24,29)(H,23,25,26)/t17?,18-/m1/s1. The minimum atomic E-state index is -0.405. The molecule has 29 heavy (non-hydrogen) atoms. The van der Waals surface area contributed by atoms with Crippen LogP contribution in [-0.2, 0) is 4.79 Å². The van der Waals surface area contributed by atoms with Crippen LogP contribution in [0.2, 0.25) is 0 Å². The lowest BCUT2D eigenvalue weighted by Gasteiger charge is -2.39. The Labute approximate surface area is 171 Å². The Morgan fingerprint density at radius 2 is 2.10 bits per heavy atom. The number of H-pyrrole nitrogens is 1. The molecule has 2 aromatic rings. The molecule has 1 spiro atoms. The number of nitrogens with zero attached hydrogens (tertiary/aromatic N) is 3. The average molecular weight is 398 g/mol. The number of hydrogen-bond acceptors (Lipinski definition) is 5. The smallest absolute Gasteiger partial charge is 0.223 e. The number of rotatable bonds is 5. The fourth-order valence-corrected chi connectivity index (χ4v) is 5.54. The summed E-state index contributed by atoms with van der Waals surface area (Å²) in [5.74, 6) is 1.49. The lowest BCUT2D eigenvalue weighted by atomic mass is 9.81. The Hall–Kier alpha value is -2.15. The largest absolute Gasteiger partial charge is 0.391 e. The summed E-state index contributed by atoms with van der Waals surface area (Å²) in [6.45, 7) is 2.09. The summed E-state index contributed by atoms with van der Waals surface area (Å²) in [4.78, 5) is 27.3. The highest BCUT2D eigenvalue weighted by atomic mass is 16.3. The second-order valence-corrected chi connectivity index (χ2v) is 9.27. The van der Waals surface area contributed by atoms with Gasteiger partial charge in [-0.25, -0.2) is 9.97 Å². The van der Waals surface area contributed by atoms with E-state index in [1.165, 1.54) is 19.3 Å². The predicted molar refractivity (Wildman–Crippen MR) is 111 cm³/mol. The van der Waals surface area contributed by atoms with E-state index in [0.717, 1.165) is 62.0 Å². The maximum absolute atomic E-state index is 13.0. The summed E-state index contributed by atoms with van der Waals surface area (Å²) < 4.78 is 0. The molecule has 7 heteroatoms. The molecule has 7 nitrogen and oxygen atoms in total. The van der Waals surface area contributed by atoms with E-state index in [4.69, 9.17) is 0 Å². The number of aromatic amines is 1. The van der Waals surface area contributed by atoms with Crippen molar-refractivity contribution in [3.05, 3.63) is 18.6 Å². The van der Waals surface area contributed by atoms with Gasteiger partial charge in [-0.2, -0.15) is 0 Å². The molecular weight excluding hydrogens is 366 g/mol. The van der Waals surface area contributed by atoms with Gasteiger partial charge in [0.2, 0.25) is 5.91 Å². The maximum atomic E-state index is 13.0. The van der Waals surface area contributed by atoms with E-state index in [0.29, 0.717) is 12.5 Å². The number of nitrogens with one attached hydrogen (secondary N) is 2. The molecule has 2 saturated carbocycles. The summed E-state index contributed by atoms with van der Waals surface area (Å²) in [5.41, 5.74) is 0.919. The molecule has 3 heterocycles. The van der Waals surface area contributed by atoms with Gasteiger partial charge in [0.25, 0.3) is 0 Å². The zero-order valence-electron chi connectivity index (χ0n) is 16.9. The molecule has 2 aromatic heterocycles. The highest BCUT2D eigenvalue weighted by Gasteiger charge is 2.55. The quantitative estimate of drug-likeness (QED) is 0.721. The number of amides is 1. The topological polar surface area (TPSA) is 94.1 Å². The molecule has 5 rings (SSSR count). The Bertz CT molecular complexity index is 871. The summed E-state index contributed by atoms with van der Waals surface area (Å²) >= 11 is 0. The lowest BCUT2D eigenvalue weighted by molar-refractivity contribution is -0.128. The van der Waals surface area contributed by atoms with Crippen LogP contribution < -0.4 is 10.2 Å². The highest BCUT2D eigenvalue weighted by Crippen LogP contribution is 2.56. The van der Waals surface area contributed by atoms with Crippen LogP contribution in [0.4, 0.5) is 5.82 Å². The summed E-state index contributed by atoms with van der Waals surface area (Å²) in [5, 5.41) is 14.6. The van der Waals surface area contributed by atoms with E-state index in [2.05, 4.69) is 25.2 Å². The van der Waals surface area contributed by atoms with Gasteiger partial charge < -0.3 is 20.3 Å². The minimum absolute atomic E-state index is 0.0425. The highest BCUT2D eigenvalue weighted by molar-refractivity contribution is 5.87. The maximum Gasteiger partial charge on any atom is 0.223 e.